The van der Waals surface area contributed by atoms with Crippen LogP contribution < -0.4 is 5.73 Å². The number of benzene rings is 1. The summed E-state index contributed by atoms with van der Waals surface area (Å²) < 4.78 is 37.2. The number of aliphatic hydroxyl groups excluding tert-OH is 1. The van der Waals surface area contributed by atoms with Gasteiger partial charge in [0.1, 0.15) is 17.1 Å². The first kappa shape index (κ1) is 16.9. The number of amides is 1. The molecule has 1 amide bonds. The second kappa shape index (κ2) is 5.87. The third kappa shape index (κ3) is 2.51. The number of aryl methyl sites for hydroxylation is 1. The number of ether oxygens (including phenoxy) is 2. The number of primary amides is 1. The van der Waals surface area contributed by atoms with Gasteiger partial charge in [-0.25, -0.2) is 8.42 Å². The van der Waals surface area contributed by atoms with Crippen molar-refractivity contribution in [3.8, 4) is 0 Å². The van der Waals surface area contributed by atoms with E-state index < -0.39 is 45.9 Å². The fourth-order valence-corrected chi connectivity index (χ4v) is 5.39. The average Bonchev–Trinajstić information content (AvgIpc) is 3.01. The van der Waals surface area contributed by atoms with Crippen molar-refractivity contribution >= 4 is 15.7 Å². The Morgan fingerprint density at radius 2 is 1.88 bits per heavy atom. The third-order valence-electron chi connectivity index (χ3n) is 4.48. The smallest absolute Gasteiger partial charge is 0.248 e. The van der Waals surface area contributed by atoms with Gasteiger partial charge in [0.05, 0.1) is 23.0 Å². The maximum absolute atomic E-state index is 13.1. The van der Waals surface area contributed by atoms with Gasteiger partial charge in [0, 0.05) is 0 Å². The zero-order valence-corrected chi connectivity index (χ0v) is 14.1. The lowest BCUT2D eigenvalue weighted by atomic mass is 9.95. The Labute approximate surface area is 140 Å². The van der Waals surface area contributed by atoms with Gasteiger partial charge in [-0.3, -0.25) is 4.79 Å². The molecular formula is C16H19NO6S. The lowest BCUT2D eigenvalue weighted by Gasteiger charge is -2.21. The normalized spacial score (nSPS) is 29.5. The van der Waals surface area contributed by atoms with E-state index in [0.29, 0.717) is 0 Å². The van der Waals surface area contributed by atoms with Crippen molar-refractivity contribution in [1.29, 1.82) is 0 Å². The van der Waals surface area contributed by atoms with E-state index in [1.54, 1.807) is 19.1 Å². The lowest BCUT2D eigenvalue weighted by Crippen LogP contribution is -2.40. The molecule has 2 aliphatic rings. The van der Waals surface area contributed by atoms with Gasteiger partial charge in [0.15, 0.2) is 9.84 Å². The molecule has 0 aromatic heterocycles. The van der Waals surface area contributed by atoms with E-state index >= 15 is 0 Å². The number of hydrogen-bond acceptors (Lipinski definition) is 6. The van der Waals surface area contributed by atoms with Crippen LogP contribution >= 0.6 is 0 Å². The van der Waals surface area contributed by atoms with E-state index in [0.717, 1.165) is 5.56 Å². The minimum Gasteiger partial charge on any atom is -0.468 e. The van der Waals surface area contributed by atoms with Crippen molar-refractivity contribution in [2.24, 2.45) is 11.7 Å². The quantitative estimate of drug-likeness (QED) is 0.802. The number of aliphatic hydroxyl groups is 1. The zero-order chi connectivity index (χ0) is 17.6. The molecule has 130 valence electrons. The molecule has 24 heavy (non-hydrogen) atoms. The average molecular weight is 353 g/mol. The highest BCUT2D eigenvalue weighted by Gasteiger charge is 2.58. The molecule has 7 nitrogen and oxygen atoms in total. The van der Waals surface area contributed by atoms with Crippen LogP contribution in [0.2, 0.25) is 0 Å². The molecule has 2 heterocycles. The molecule has 0 radical (unpaired) electrons. The minimum absolute atomic E-state index is 0.106. The van der Waals surface area contributed by atoms with E-state index in [1.165, 1.54) is 12.1 Å². The number of nitrogens with two attached hydrogens (primary N) is 1. The van der Waals surface area contributed by atoms with Crippen molar-refractivity contribution in [2.45, 2.75) is 36.4 Å². The number of rotatable bonds is 4. The van der Waals surface area contributed by atoms with Crippen LogP contribution in [0.5, 0.6) is 0 Å². The maximum atomic E-state index is 13.1. The van der Waals surface area contributed by atoms with Gasteiger partial charge in [-0.05, 0) is 26.0 Å². The Hall–Kier alpha value is -1.90. The highest BCUT2D eigenvalue weighted by Crippen LogP contribution is 2.45. The lowest BCUT2D eigenvalue weighted by molar-refractivity contribution is -0.117. The fraction of sp³-hybridized carbons (Fsp3) is 0.438. The Kier molecular flexibility index (Phi) is 4.15. The molecule has 0 spiro atoms. The van der Waals surface area contributed by atoms with Crippen LogP contribution in [0.4, 0.5) is 0 Å². The second-order valence-corrected chi connectivity index (χ2v) is 8.13. The summed E-state index contributed by atoms with van der Waals surface area (Å²) in [6.07, 6.45) is -1.93. The number of carbonyl (C=O) groups excluding carboxylic acids is 1. The van der Waals surface area contributed by atoms with Crippen LogP contribution in [0.15, 0.2) is 40.5 Å². The summed E-state index contributed by atoms with van der Waals surface area (Å²) in [5.74, 6) is -1.34. The van der Waals surface area contributed by atoms with Crippen molar-refractivity contribution in [3.05, 3.63) is 41.2 Å². The maximum Gasteiger partial charge on any atom is 0.248 e. The molecule has 1 saturated heterocycles. The first-order valence-corrected chi connectivity index (χ1v) is 9.06. The Morgan fingerprint density at radius 3 is 2.42 bits per heavy atom. The molecule has 1 fully saturated rings. The molecular weight excluding hydrogens is 334 g/mol. The molecule has 3 N–H and O–H groups in total. The summed E-state index contributed by atoms with van der Waals surface area (Å²) in [5, 5.41) is 8.42. The van der Waals surface area contributed by atoms with Crippen LogP contribution in [-0.2, 0) is 24.1 Å². The molecule has 0 saturated carbocycles. The Bertz CT molecular complexity index is 798. The summed E-state index contributed by atoms with van der Waals surface area (Å²) >= 11 is 0. The van der Waals surface area contributed by atoms with Crippen molar-refractivity contribution in [3.63, 3.8) is 0 Å². The van der Waals surface area contributed by atoms with Gasteiger partial charge in [0.25, 0.3) is 0 Å². The Morgan fingerprint density at radius 1 is 1.25 bits per heavy atom. The van der Waals surface area contributed by atoms with Crippen molar-refractivity contribution in [2.75, 3.05) is 6.61 Å². The van der Waals surface area contributed by atoms with E-state index in [9.17, 15) is 18.3 Å². The first-order valence-electron chi connectivity index (χ1n) is 7.51. The largest absolute Gasteiger partial charge is 0.468 e. The summed E-state index contributed by atoms with van der Waals surface area (Å²) in [6.45, 7) is 2.90. The highest BCUT2D eigenvalue weighted by molar-refractivity contribution is 7.92. The van der Waals surface area contributed by atoms with Crippen LogP contribution in [-0.4, -0.2) is 43.7 Å². The molecule has 0 aliphatic carbocycles. The fourth-order valence-electron chi connectivity index (χ4n) is 3.36. The highest BCUT2D eigenvalue weighted by atomic mass is 32.2. The van der Waals surface area contributed by atoms with Gasteiger partial charge >= 0.3 is 0 Å². The molecule has 1 aromatic rings. The van der Waals surface area contributed by atoms with Crippen LogP contribution in [0, 0.1) is 12.8 Å². The SMILES string of the molecule is CC1=C(C(N)=O)[C@@H]2[C@H](O1)O[C@H](CO)[C@H]2S(=O)(=O)c1ccc(C)cc1. The predicted molar refractivity (Wildman–Crippen MR) is 84.4 cm³/mol. The topological polar surface area (TPSA) is 116 Å². The number of sulfone groups is 1. The molecule has 0 bridgehead atoms. The van der Waals surface area contributed by atoms with Crippen molar-refractivity contribution < 1.29 is 27.8 Å². The van der Waals surface area contributed by atoms with Gasteiger partial charge in [0.2, 0.25) is 12.2 Å². The minimum atomic E-state index is -3.87. The van der Waals surface area contributed by atoms with Gasteiger partial charge in [-0.2, -0.15) is 0 Å². The van der Waals surface area contributed by atoms with Crippen LogP contribution in [0.25, 0.3) is 0 Å². The van der Waals surface area contributed by atoms with E-state index in [4.69, 9.17) is 15.2 Å². The molecule has 3 rings (SSSR count). The van der Waals surface area contributed by atoms with Gasteiger partial charge in [-0.15, -0.1) is 0 Å². The van der Waals surface area contributed by atoms with Gasteiger partial charge < -0.3 is 20.3 Å². The van der Waals surface area contributed by atoms with Crippen LogP contribution in [0.3, 0.4) is 0 Å². The number of allylic oxidation sites excluding steroid dienone is 1. The summed E-state index contributed by atoms with van der Waals surface area (Å²) in [6, 6.07) is 6.39. The predicted octanol–water partition coefficient (Wildman–Crippen LogP) is 0.260. The standard InChI is InChI=1S/C16H19NO6S/c1-8-3-5-10(6-4-8)24(20,21)14-11(7-18)23-16-13(14)12(15(17)19)9(2)22-16/h3-6,11,13-14,16,18H,7H2,1-2H3,(H2,17,19)/t11-,13+,14-,16-/m1/s1. The molecule has 2 aliphatic heterocycles. The zero-order valence-electron chi connectivity index (χ0n) is 13.3. The molecule has 4 atom stereocenters. The molecule has 1 aromatic carbocycles. The molecule has 8 heteroatoms. The number of fused-ring (bicyclic) bond motifs is 1. The number of hydrogen-bond donors (Lipinski definition) is 2. The Balaban J connectivity index is 2.09. The van der Waals surface area contributed by atoms with Crippen molar-refractivity contribution in [1.82, 2.24) is 0 Å². The monoisotopic (exact) mass is 353 g/mol. The summed E-state index contributed by atoms with van der Waals surface area (Å²) in [5.41, 5.74) is 6.44. The summed E-state index contributed by atoms with van der Waals surface area (Å²) in [7, 11) is -3.87. The number of carbonyl (C=O) groups is 1. The first-order chi connectivity index (χ1) is 11.3. The van der Waals surface area contributed by atoms with Gasteiger partial charge in [-0.1, -0.05) is 17.7 Å². The third-order valence-corrected chi connectivity index (χ3v) is 6.72. The van der Waals surface area contributed by atoms with E-state index in [1.807, 2.05) is 6.92 Å². The molecule has 0 unspecified atom stereocenters. The van der Waals surface area contributed by atoms with E-state index in [2.05, 4.69) is 0 Å². The van der Waals surface area contributed by atoms with Crippen LogP contribution in [0.1, 0.15) is 12.5 Å². The van der Waals surface area contributed by atoms with E-state index in [-0.39, 0.29) is 16.2 Å². The summed E-state index contributed by atoms with van der Waals surface area (Å²) in [4.78, 5) is 11.9. The second-order valence-electron chi connectivity index (χ2n) is 6.03.